The summed E-state index contributed by atoms with van der Waals surface area (Å²) in [6, 6.07) is 1.70. The number of aromatic nitrogens is 2. The predicted molar refractivity (Wildman–Crippen MR) is 110 cm³/mol. The van der Waals surface area contributed by atoms with Crippen LogP contribution in [0.3, 0.4) is 0 Å². The first-order valence-electron chi connectivity index (χ1n) is 9.57. The second-order valence-electron chi connectivity index (χ2n) is 7.13. The van der Waals surface area contributed by atoms with E-state index >= 15 is 0 Å². The average molecular weight is 494 g/mol. The molecule has 0 saturated carbocycles. The number of ketones is 1. The average Bonchev–Trinajstić information content (AvgIpc) is 2.70. The minimum Gasteiger partial charge on any atom is -0.479 e. The number of Topliss-reactive ketones (excluding diaryl/α,β-unsaturated/α-hetero) is 1. The van der Waals surface area contributed by atoms with Crippen molar-refractivity contribution in [2.75, 3.05) is 6.54 Å². The van der Waals surface area contributed by atoms with Gasteiger partial charge in [-0.2, -0.15) is 13.2 Å². The SMILES string of the molecule is CC(=O)CCCNC(=O)C(C)Oc1cc(-n2c(=O)cc(C(F)(F)F)n(C)c2=O)c(F)cc1Cl. The number of nitrogens with zero attached hydrogens (tertiary/aromatic N) is 2. The number of hydrogen-bond donors (Lipinski definition) is 1. The molecule has 0 saturated heterocycles. The van der Waals surface area contributed by atoms with E-state index in [1.54, 1.807) is 0 Å². The molecular weight excluding hydrogens is 474 g/mol. The van der Waals surface area contributed by atoms with Gasteiger partial charge in [0.2, 0.25) is 0 Å². The molecule has 1 aromatic heterocycles. The summed E-state index contributed by atoms with van der Waals surface area (Å²) in [6.07, 6.45) is -5.44. The highest BCUT2D eigenvalue weighted by Gasteiger charge is 2.35. The van der Waals surface area contributed by atoms with Crippen LogP contribution in [0.4, 0.5) is 17.6 Å². The summed E-state index contributed by atoms with van der Waals surface area (Å²) in [5, 5.41) is 2.23. The number of ether oxygens (including phenoxy) is 1. The second kappa shape index (κ2) is 10.2. The summed E-state index contributed by atoms with van der Waals surface area (Å²) in [6.45, 7) is 2.96. The lowest BCUT2D eigenvalue weighted by Crippen LogP contribution is -2.41. The minimum absolute atomic E-state index is 0.0381. The molecule has 0 fully saturated rings. The van der Waals surface area contributed by atoms with Crippen LogP contribution in [0.1, 0.15) is 32.4 Å². The van der Waals surface area contributed by atoms with Crippen LogP contribution >= 0.6 is 11.6 Å². The van der Waals surface area contributed by atoms with Gasteiger partial charge in [-0.3, -0.25) is 14.2 Å². The molecule has 8 nitrogen and oxygen atoms in total. The third kappa shape index (κ3) is 6.21. The summed E-state index contributed by atoms with van der Waals surface area (Å²) in [7, 11) is 0.783. The highest BCUT2D eigenvalue weighted by molar-refractivity contribution is 6.32. The van der Waals surface area contributed by atoms with Crippen molar-refractivity contribution in [3.8, 4) is 11.4 Å². The lowest BCUT2D eigenvalue weighted by Gasteiger charge is -2.18. The number of alkyl halides is 3. The largest absolute Gasteiger partial charge is 0.479 e. The van der Waals surface area contributed by atoms with Gasteiger partial charge < -0.3 is 14.8 Å². The molecule has 1 unspecified atom stereocenters. The van der Waals surface area contributed by atoms with Gasteiger partial charge in [0.25, 0.3) is 11.5 Å². The van der Waals surface area contributed by atoms with Gasteiger partial charge in [-0.15, -0.1) is 0 Å². The number of benzene rings is 1. The summed E-state index contributed by atoms with van der Waals surface area (Å²) in [5.74, 6) is -2.08. The van der Waals surface area contributed by atoms with Gasteiger partial charge in [0, 0.05) is 32.1 Å². The van der Waals surface area contributed by atoms with E-state index in [-0.39, 0.29) is 44.7 Å². The van der Waals surface area contributed by atoms with Crippen molar-refractivity contribution in [2.24, 2.45) is 7.05 Å². The summed E-state index contributed by atoms with van der Waals surface area (Å²) < 4.78 is 59.4. The van der Waals surface area contributed by atoms with E-state index in [2.05, 4.69) is 5.32 Å². The fraction of sp³-hybridized carbons (Fsp3) is 0.400. The zero-order valence-corrected chi connectivity index (χ0v) is 18.5. The quantitative estimate of drug-likeness (QED) is 0.450. The Hall–Kier alpha value is -3.15. The summed E-state index contributed by atoms with van der Waals surface area (Å²) >= 11 is 5.94. The number of carbonyl (C=O) groups excluding carboxylic acids is 2. The second-order valence-corrected chi connectivity index (χ2v) is 7.54. The Balaban J connectivity index is 2.38. The van der Waals surface area contributed by atoms with Gasteiger partial charge in [0.15, 0.2) is 6.10 Å². The lowest BCUT2D eigenvalue weighted by molar-refractivity contribution is -0.144. The molecule has 0 aliphatic rings. The van der Waals surface area contributed by atoms with Crippen molar-refractivity contribution in [1.82, 2.24) is 14.5 Å². The van der Waals surface area contributed by atoms with Crippen molar-refractivity contribution < 1.29 is 31.9 Å². The first-order chi connectivity index (χ1) is 15.2. The van der Waals surface area contributed by atoms with Gasteiger partial charge in [-0.05, 0) is 26.3 Å². The van der Waals surface area contributed by atoms with Crippen molar-refractivity contribution in [3.63, 3.8) is 0 Å². The van der Waals surface area contributed by atoms with E-state index in [1.165, 1.54) is 13.8 Å². The Morgan fingerprint density at radius 1 is 1.21 bits per heavy atom. The summed E-state index contributed by atoms with van der Waals surface area (Å²) in [5.41, 5.74) is -5.08. The third-order valence-corrected chi connectivity index (χ3v) is 4.83. The maximum absolute atomic E-state index is 14.5. The van der Waals surface area contributed by atoms with Crippen molar-refractivity contribution >= 4 is 23.3 Å². The first-order valence-corrected chi connectivity index (χ1v) is 9.95. The molecule has 0 radical (unpaired) electrons. The van der Waals surface area contributed by atoms with E-state index in [0.717, 1.165) is 13.1 Å². The number of hydrogen-bond acceptors (Lipinski definition) is 5. The maximum atomic E-state index is 14.5. The number of amides is 1. The monoisotopic (exact) mass is 493 g/mol. The van der Waals surface area contributed by atoms with Crippen molar-refractivity contribution in [1.29, 1.82) is 0 Å². The molecule has 2 aromatic rings. The molecule has 1 amide bonds. The normalized spacial score (nSPS) is 12.4. The van der Waals surface area contributed by atoms with Crippen LogP contribution < -0.4 is 21.3 Å². The molecular formula is C20H20ClF4N3O5. The smallest absolute Gasteiger partial charge is 0.431 e. The van der Waals surface area contributed by atoms with Crippen LogP contribution in [0.15, 0.2) is 27.8 Å². The zero-order valence-electron chi connectivity index (χ0n) is 17.8. The minimum atomic E-state index is -4.98. The molecule has 1 heterocycles. The van der Waals surface area contributed by atoms with Gasteiger partial charge in [-0.25, -0.2) is 13.8 Å². The Labute approximate surface area is 189 Å². The predicted octanol–water partition coefficient (Wildman–Crippen LogP) is 2.60. The molecule has 33 heavy (non-hydrogen) atoms. The molecule has 0 bridgehead atoms. The highest BCUT2D eigenvalue weighted by Crippen LogP contribution is 2.30. The Morgan fingerprint density at radius 3 is 2.42 bits per heavy atom. The van der Waals surface area contributed by atoms with E-state index in [4.69, 9.17) is 16.3 Å². The molecule has 1 atom stereocenters. The van der Waals surface area contributed by atoms with Gasteiger partial charge in [-0.1, -0.05) is 11.6 Å². The standard InChI is InChI=1S/C20H20ClF4N3O5/c1-10(29)5-4-6-26-18(31)11(2)33-15-8-14(13(22)7-12(15)21)28-17(30)9-16(20(23,24)25)27(3)19(28)32/h7-9,11H,4-6H2,1-3H3,(H,26,31). The fourth-order valence-corrected chi connectivity index (χ4v) is 3.03. The zero-order chi connectivity index (χ0) is 25.1. The Morgan fingerprint density at radius 2 is 1.85 bits per heavy atom. The van der Waals surface area contributed by atoms with Crippen LogP contribution in [-0.4, -0.2) is 33.5 Å². The van der Waals surface area contributed by atoms with Gasteiger partial charge >= 0.3 is 11.9 Å². The molecule has 1 N–H and O–H groups in total. The van der Waals surface area contributed by atoms with E-state index in [0.29, 0.717) is 12.5 Å². The first kappa shape index (κ1) is 26.1. The van der Waals surface area contributed by atoms with Crippen LogP contribution in [0.25, 0.3) is 5.69 Å². The van der Waals surface area contributed by atoms with E-state index < -0.39 is 46.6 Å². The molecule has 1 aromatic carbocycles. The van der Waals surface area contributed by atoms with Crippen molar-refractivity contribution in [3.05, 3.63) is 55.6 Å². The van der Waals surface area contributed by atoms with Gasteiger partial charge in [0.1, 0.15) is 23.0 Å². The third-order valence-electron chi connectivity index (χ3n) is 4.53. The van der Waals surface area contributed by atoms with Crippen LogP contribution in [0, 0.1) is 5.82 Å². The molecule has 2 rings (SSSR count). The number of carbonyl (C=O) groups is 2. The lowest BCUT2D eigenvalue weighted by atomic mass is 10.2. The van der Waals surface area contributed by atoms with Crippen molar-refractivity contribution in [2.45, 2.75) is 39.0 Å². The Bertz CT molecular complexity index is 1190. The maximum Gasteiger partial charge on any atom is 0.431 e. The van der Waals surface area contributed by atoms with Crippen LogP contribution in [0.5, 0.6) is 5.75 Å². The highest BCUT2D eigenvalue weighted by atomic mass is 35.5. The van der Waals surface area contributed by atoms with E-state index in [1.807, 2.05) is 0 Å². The molecule has 180 valence electrons. The van der Waals surface area contributed by atoms with Gasteiger partial charge in [0.05, 0.1) is 10.7 Å². The Kier molecular flexibility index (Phi) is 8.06. The van der Waals surface area contributed by atoms with E-state index in [9.17, 15) is 36.7 Å². The molecule has 0 aliphatic heterocycles. The fourth-order valence-electron chi connectivity index (χ4n) is 2.84. The number of halogens is 5. The molecule has 0 spiro atoms. The topological polar surface area (TPSA) is 99.4 Å². The van der Waals surface area contributed by atoms with Crippen LogP contribution in [-0.2, 0) is 22.8 Å². The number of nitrogens with one attached hydrogen (secondary N) is 1. The molecule has 13 heteroatoms. The van der Waals surface area contributed by atoms with Crippen LogP contribution in [0.2, 0.25) is 5.02 Å². The summed E-state index contributed by atoms with van der Waals surface area (Å²) in [4.78, 5) is 47.8. The number of rotatable bonds is 8. The molecule has 0 aliphatic carbocycles.